The second-order valence-electron chi connectivity index (χ2n) is 4.87. The zero-order valence-electron chi connectivity index (χ0n) is 11.6. The molecule has 0 aromatic heterocycles. The maximum Gasteiger partial charge on any atom is 0.123 e. The van der Waals surface area contributed by atoms with Gasteiger partial charge < -0.3 is 14.8 Å². The average Bonchev–Trinajstić information content (AvgIpc) is 2.91. The summed E-state index contributed by atoms with van der Waals surface area (Å²) < 4.78 is 24.5. The van der Waals surface area contributed by atoms with Crippen LogP contribution < -0.4 is 10.1 Å². The standard InChI is InChI=1S/C15H22FNO2/c1-3-17-14(10-12-5-4-8-19-12)13-9-11(16)6-7-15(13)18-2/h6-7,9,12,14,17H,3-5,8,10H2,1-2H3. The number of hydrogen-bond acceptors (Lipinski definition) is 3. The zero-order chi connectivity index (χ0) is 13.7. The predicted molar refractivity (Wildman–Crippen MR) is 73.0 cm³/mol. The summed E-state index contributed by atoms with van der Waals surface area (Å²) in [6.45, 7) is 3.72. The Labute approximate surface area is 114 Å². The predicted octanol–water partition coefficient (Wildman–Crippen LogP) is 3.05. The summed E-state index contributed by atoms with van der Waals surface area (Å²) in [6, 6.07) is 4.74. The molecule has 1 heterocycles. The van der Waals surface area contributed by atoms with Crippen molar-refractivity contribution >= 4 is 0 Å². The first-order valence-electron chi connectivity index (χ1n) is 6.93. The second kappa shape index (κ2) is 6.87. The van der Waals surface area contributed by atoms with Crippen molar-refractivity contribution in [3.8, 4) is 5.75 Å². The van der Waals surface area contributed by atoms with E-state index in [1.807, 2.05) is 6.92 Å². The first kappa shape index (κ1) is 14.3. The van der Waals surface area contributed by atoms with Crippen molar-refractivity contribution in [2.75, 3.05) is 20.3 Å². The summed E-state index contributed by atoms with van der Waals surface area (Å²) in [5.74, 6) is 0.497. The molecule has 0 bridgehead atoms. The largest absolute Gasteiger partial charge is 0.496 e. The molecule has 1 aliphatic heterocycles. The molecule has 1 saturated heterocycles. The first-order valence-corrected chi connectivity index (χ1v) is 6.93. The molecule has 1 aromatic rings. The lowest BCUT2D eigenvalue weighted by atomic mass is 9.98. The maximum atomic E-state index is 13.5. The quantitative estimate of drug-likeness (QED) is 0.859. The van der Waals surface area contributed by atoms with Crippen LogP contribution >= 0.6 is 0 Å². The van der Waals surface area contributed by atoms with Crippen molar-refractivity contribution in [1.82, 2.24) is 5.32 Å². The fourth-order valence-electron chi connectivity index (χ4n) is 2.64. The summed E-state index contributed by atoms with van der Waals surface area (Å²) in [6.07, 6.45) is 3.31. The van der Waals surface area contributed by atoms with Gasteiger partial charge in [0, 0.05) is 18.2 Å². The van der Waals surface area contributed by atoms with E-state index >= 15 is 0 Å². The molecule has 3 nitrogen and oxygen atoms in total. The molecule has 1 fully saturated rings. The highest BCUT2D eigenvalue weighted by molar-refractivity contribution is 5.36. The van der Waals surface area contributed by atoms with Gasteiger partial charge in [-0.15, -0.1) is 0 Å². The van der Waals surface area contributed by atoms with Gasteiger partial charge in [0.2, 0.25) is 0 Å². The number of hydrogen-bond donors (Lipinski definition) is 1. The molecule has 0 saturated carbocycles. The smallest absolute Gasteiger partial charge is 0.123 e. The third kappa shape index (κ3) is 3.67. The summed E-state index contributed by atoms with van der Waals surface area (Å²) in [7, 11) is 1.62. The summed E-state index contributed by atoms with van der Waals surface area (Å²) in [4.78, 5) is 0. The molecule has 2 unspecified atom stereocenters. The van der Waals surface area contributed by atoms with Crippen LogP contribution in [0.2, 0.25) is 0 Å². The van der Waals surface area contributed by atoms with Crippen LogP contribution in [-0.4, -0.2) is 26.4 Å². The van der Waals surface area contributed by atoms with E-state index < -0.39 is 0 Å². The monoisotopic (exact) mass is 267 g/mol. The van der Waals surface area contributed by atoms with Gasteiger partial charge in [-0.25, -0.2) is 4.39 Å². The van der Waals surface area contributed by atoms with E-state index in [9.17, 15) is 4.39 Å². The molecule has 2 rings (SSSR count). The molecule has 0 radical (unpaired) electrons. The van der Waals surface area contributed by atoms with Crippen molar-refractivity contribution in [3.63, 3.8) is 0 Å². The van der Waals surface area contributed by atoms with Gasteiger partial charge in [-0.05, 0) is 44.0 Å². The lowest BCUT2D eigenvalue weighted by Crippen LogP contribution is -2.25. The number of rotatable bonds is 6. The van der Waals surface area contributed by atoms with Crippen molar-refractivity contribution in [2.24, 2.45) is 0 Å². The minimum absolute atomic E-state index is 0.0683. The van der Waals surface area contributed by atoms with Crippen LogP contribution in [-0.2, 0) is 4.74 Å². The van der Waals surface area contributed by atoms with Crippen LogP contribution in [0.1, 0.15) is 37.8 Å². The van der Waals surface area contributed by atoms with E-state index in [4.69, 9.17) is 9.47 Å². The van der Waals surface area contributed by atoms with Gasteiger partial charge in [0.25, 0.3) is 0 Å². The fourth-order valence-corrected chi connectivity index (χ4v) is 2.64. The van der Waals surface area contributed by atoms with E-state index in [0.29, 0.717) is 0 Å². The Kier molecular flexibility index (Phi) is 5.16. The van der Waals surface area contributed by atoms with Crippen LogP contribution in [0.3, 0.4) is 0 Å². The second-order valence-corrected chi connectivity index (χ2v) is 4.87. The molecular weight excluding hydrogens is 245 g/mol. The normalized spacial score (nSPS) is 20.5. The first-order chi connectivity index (χ1) is 9.24. The van der Waals surface area contributed by atoms with Gasteiger partial charge in [0.1, 0.15) is 11.6 Å². The van der Waals surface area contributed by atoms with E-state index in [2.05, 4.69) is 5.32 Å². The van der Waals surface area contributed by atoms with Crippen LogP contribution in [0.25, 0.3) is 0 Å². The number of benzene rings is 1. The van der Waals surface area contributed by atoms with Gasteiger partial charge in [-0.1, -0.05) is 6.92 Å². The topological polar surface area (TPSA) is 30.5 Å². The molecular formula is C15H22FNO2. The summed E-state index contributed by atoms with van der Waals surface area (Å²) in [5, 5.41) is 3.40. The van der Waals surface area contributed by atoms with Crippen molar-refractivity contribution in [3.05, 3.63) is 29.6 Å². The van der Waals surface area contributed by atoms with Crippen molar-refractivity contribution in [1.29, 1.82) is 0 Å². The number of methoxy groups -OCH3 is 1. The van der Waals surface area contributed by atoms with Crippen LogP contribution in [0.15, 0.2) is 18.2 Å². The van der Waals surface area contributed by atoms with Gasteiger partial charge in [-0.2, -0.15) is 0 Å². The highest BCUT2D eigenvalue weighted by Gasteiger charge is 2.23. The SMILES string of the molecule is CCNC(CC1CCCO1)c1cc(F)ccc1OC. The Balaban J connectivity index is 2.18. The third-order valence-electron chi connectivity index (χ3n) is 3.54. The number of nitrogens with one attached hydrogen (secondary N) is 1. The Hall–Kier alpha value is -1.13. The molecule has 1 aromatic carbocycles. The van der Waals surface area contributed by atoms with E-state index in [0.717, 1.165) is 43.7 Å². The average molecular weight is 267 g/mol. The zero-order valence-corrected chi connectivity index (χ0v) is 11.6. The molecule has 0 aliphatic carbocycles. The highest BCUT2D eigenvalue weighted by Crippen LogP contribution is 2.31. The highest BCUT2D eigenvalue weighted by atomic mass is 19.1. The Morgan fingerprint density at radius 1 is 1.53 bits per heavy atom. The van der Waals surface area contributed by atoms with Gasteiger partial charge >= 0.3 is 0 Å². The minimum Gasteiger partial charge on any atom is -0.496 e. The summed E-state index contributed by atoms with van der Waals surface area (Å²) in [5.41, 5.74) is 0.875. The third-order valence-corrected chi connectivity index (χ3v) is 3.54. The van der Waals surface area contributed by atoms with Crippen LogP contribution in [0.4, 0.5) is 4.39 Å². The minimum atomic E-state index is -0.231. The maximum absolute atomic E-state index is 13.5. The van der Waals surface area contributed by atoms with E-state index in [1.54, 1.807) is 19.2 Å². The van der Waals surface area contributed by atoms with Crippen LogP contribution in [0.5, 0.6) is 5.75 Å². The molecule has 0 spiro atoms. The lowest BCUT2D eigenvalue weighted by Gasteiger charge is -2.23. The molecule has 2 atom stereocenters. The Bertz CT molecular complexity index is 405. The van der Waals surface area contributed by atoms with Crippen LogP contribution in [0, 0.1) is 5.82 Å². The molecule has 4 heteroatoms. The molecule has 0 amide bonds. The van der Waals surface area contributed by atoms with Crippen molar-refractivity contribution in [2.45, 2.75) is 38.3 Å². The van der Waals surface area contributed by atoms with Gasteiger partial charge in [0.15, 0.2) is 0 Å². The Morgan fingerprint density at radius 3 is 3.00 bits per heavy atom. The van der Waals surface area contributed by atoms with Gasteiger partial charge in [-0.3, -0.25) is 0 Å². The molecule has 106 valence electrons. The lowest BCUT2D eigenvalue weighted by molar-refractivity contribution is 0.0944. The number of ether oxygens (including phenoxy) is 2. The fraction of sp³-hybridized carbons (Fsp3) is 0.600. The Morgan fingerprint density at radius 2 is 2.37 bits per heavy atom. The summed E-state index contributed by atoms with van der Waals surface area (Å²) >= 11 is 0. The van der Waals surface area contributed by atoms with Crippen molar-refractivity contribution < 1.29 is 13.9 Å². The van der Waals surface area contributed by atoms with E-state index in [1.165, 1.54) is 6.07 Å². The molecule has 1 aliphatic rings. The number of halogens is 1. The van der Waals surface area contributed by atoms with E-state index in [-0.39, 0.29) is 18.0 Å². The molecule has 19 heavy (non-hydrogen) atoms. The molecule has 1 N–H and O–H groups in total. The van der Waals surface area contributed by atoms with Gasteiger partial charge in [0.05, 0.1) is 13.2 Å².